The molecule has 2 rings (SSSR count). The minimum absolute atomic E-state index is 0.0233. The third-order valence-electron chi connectivity index (χ3n) is 3.59. The van der Waals surface area contributed by atoms with Crippen molar-refractivity contribution in [2.45, 2.75) is 31.9 Å². The van der Waals surface area contributed by atoms with Gasteiger partial charge in [-0.15, -0.1) is 0 Å². The molecule has 0 aromatic heterocycles. The van der Waals surface area contributed by atoms with Crippen molar-refractivity contribution in [1.29, 1.82) is 0 Å². The van der Waals surface area contributed by atoms with Crippen molar-refractivity contribution in [1.82, 2.24) is 4.90 Å². The highest BCUT2D eigenvalue weighted by atomic mass is 35.5. The molecule has 4 nitrogen and oxygen atoms in total. The lowest BCUT2D eigenvalue weighted by molar-refractivity contribution is -0.163. The minimum atomic E-state index is -0.300. The maximum Gasteiger partial charge on any atom is 0.248 e. The Balaban J connectivity index is 2.03. The van der Waals surface area contributed by atoms with Crippen LogP contribution in [0.1, 0.15) is 25.3 Å². The molecule has 1 amide bonds. The summed E-state index contributed by atoms with van der Waals surface area (Å²) in [5.41, 5.74) is 6.29. The lowest BCUT2D eigenvalue weighted by Gasteiger charge is -2.40. The lowest BCUT2D eigenvalue weighted by Crippen LogP contribution is -2.52. The summed E-state index contributed by atoms with van der Waals surface area (Å²) in [5, 5.41) is 0.689. The standard InChI is InChI=1S/C15H21ClN2O2/c1-15(6-3-7-17)11-18(14(19)10-20-15)9-12-4-2-5-13(16)8-12/h2,4-5,8H,3,6-7,9-11,17H2,1H3. The summed E-state index contributed by atoms with van der Waals surface area (Å²) in [6.45, 7) is 3.99. The van der Waals surface area contributed by atoms with Gasteiger partial charge in [-0.25, -0.2) is 0 Å². The Hall–Kier alpha value is -1.10. The van der Waals surface area contributed by atoms with Crippen LogP contribution in [0.4, 0.5) is 0 Å². The zero-order chi connectivity index (χ0) is 14.6. The molecule has 5 heteroatoms. The van der Waals surface area contributed by atoms with E-state index < -0.39 is 0 Å². The lowest BCUT2D eigenvalue weighted by atomic mass is 9.97. The zero-order valence-corrected chi connectivity index (χ0v) is 12.5. The molecule has 110 valence electrons. The number of hydrogen-bond acceptors (Lipinski definition) is 3. The summed E-state index contributed by atoms with van der Waals surface area (Å²) in [5.74, 6) is 0.0233. The number of morpholine rings is 1. The molecule has 20 heavy (non-hydrogen) atoms. The zero-order valence-electron chi connectivity index (χ0n) is 11.8. The Kier molecular flexibility index (Phi) is 5.02. The van der Waals surface area contributed by atoms with Crippen LogP contribution in [0.25, 0.3) is 0 Å². The maximum atomic E-state index is 12.0. The highest BCUT2D eigenvalue weighted by Crippen LogP contribution is 2.25. The van der Waals surface area contributed by atoms with Crippen LogP contribution in [-0.4, -0.2) is 36.1 Å². The first-order valence-corrected chi connectivity index (χ1v) is 7.26. The van der Waals surface area contributed by atoms with Crippen molar-refractivity contribution < 1.29 is 9.53 Å². The number of ether oxygens (including phenoxy) is 1. The molecule has 1 atom stereocenters. The van der Waals surface area contributed by atoms with E-state index in [2.05, 4.69) is 0 Å². The molecular weight excluding hydrogens is 276 g/mol. The van der Waals surface area contributed by atoms with E-state index in [4.69, 9.17) is 22.1 Å². The van der Waals surface area contributed by atoms with Crippen LogP contribution in [0.5, 0.6) is 0 Å². The van der Waals surface area contributed by atoms with Gasteiger partial charge in [0.15, 0.2) is 0 Å². The summed E-state index contributed by atoms with van der Waals surface area (Å²) in [4.78, 5) is 13.8. The highest BCUT2D eigenvalue weighted by Gasteiger charge is 2.35. The van der Waals surface area contributed by atoms with Crippen LogP contribution in [-0.2, 0) is 16.1 Å². The van der Waals surface area contributed by atoms with Gasteiger partial charge in [0.25, 0.3) is 0 Å². The van der Waals surface area contributed by atoms with Crippen molar-refractivity contribution in [3.63, 3.8) is 0 Å². The van der Waals surface area contributed by atoms with Gasteiger partial charge in [-0.2, -0.15) is 0 Å². The first-order valence-electron chi connectivity index (χ1n) is 6.89. The molecule has 1 aliphatic rings. The number of hydrogen-bond donors (Lipinski definition) is 1. The van der Waals surface area contributed by atoms with E-state index in [1.165, 1.54) is 0 Å². The highest BCUT2D eigenvalue weighted by molar-refractivity contribution is 6.30. The Morgan fingerprint density at radius 1 is 1.50 bits per heavy atom. The topological polar surface area (TPSA) is 55.6 Å². The summed E-state index contributed by atoms with van der Waals surface area (Å²) < 4.78 is 5.70. The third kappa shape index (κ3) is 3.95. The van der Waals surface area contributed by atoms with Gasteiger partial charge in [0.2, 0.25) is 5.91 Å². The molecule has 0 spiro atoms. The van der Waals surface area contributed by atoms with Crippen LogP contribution in [0.3, 0.4) is 0 Å². The molecule has 1 unspecified atom stereocenters. The molecule has 0 saturated carbocycles. The van der Waals surface area contributed by atoms with Gasteiger partial charge in [0.05, 0.1) is 5.60 Å². The molecule has 0 radical (unpaired) electrons. The Morgan fingerprint density at radius 3 is 3.00 bits per heavy atom. The van der Waals surface area contributed by atoms with Crippen LogP contribution in [0, 0.1) is 0 Å². The third-order valence-corrected chi connectivity index (χ3v) is 3.83. The van der Waals surface area contributed by atoms with Crippen molar-refractivity contribution in [2.75, 3.05) is 19.7 Å². The van der Waals surface area contributed by atoms with Crippen LogP contribution < -0.4 is 5.73 Å². The first-order chi connectivity index (χ1) is 9.52. The Labute approximate surface area is 124 Å². The van der Waals surface area contributed by atoms with Gasteiger partial charge < -0.3 is 15.4 Å². The number of amides is 1. The molecule has 0 aliphatic carbocycles. The van der Waals surface area contributed by atoms with Crippen LogP contribution in [0.15, 0.2) is 24.3 Å². The second-order valence-electron chi connectivity index (χ2n) is 5.51. The molecule has 1 saturated heterocycles. The van der Waals surface area contributed by atoms with E-state index in [0.717, 1.165) is 18.4 Å². The molecule has 1 aromatic carbocycles. The molecule has 1 heterocycles. The van der Waals surface area contributed by atoms with Crippen molar-refractivity contribution in [2.24, 2.45) is 5.73 Å². The smallest absolute Gasteiger partial charge is 0.248 e. The number of carbonyl (C=O) groups is 1. The predicted octanol–water partition coefficient (Wildman–Crippen LogP) is 2.20. The first kappa shape index (κ1) is 15.3. The quantitative estimate of drug-likeness (QED) is 0.906. The molecule has 1 fully saturated rings. The fourth-order valence-corrected chi connectivity index (χ4v) is 2.70. The molecule has 1 aliphatic heterocycles. The number of benzene rings is 1. The summed E-state index contributed by atoms with van der Waals surface area (Å²) in [6, 6.07) is 7.60. The van der Waals surface area contributed by atoms with Crippen molar-refractivity contribution >= 4 is 17.5 Å². The van der Waals surface area contributed by atoms with Gasteiger partial charge in [-0.05, 0) is 44.0 Å². The van der Waals surface area contributed by atoms with E-state index in [-0.39, 0.29) is 18.1 Å². The summed E-state index contributed by atoms with van der Waals surface area (Å²) in [7, 11) is 0. The van der Waals surface area contributed by atoms with E-state index in [1.807, 2.05) is 36.1 Å². The fourth-order valence-electron chi connectivity index (χ4n) is 2.49. The van der Waals surface area contributed by atoms with E-state index in [1.54, 1.807) is 0 Å². The SMILES string of the molecule is CC1(CCCN)CN(Cc2cccc(Cl)c2)C(=O)CO1. The van der Waals surface area contributed by atoms with Gasteiger partial charge in [-0.1, -0.05) is 23.7 Å². The van der Waals surface area contributed by atoms with Crippen molar-refractivity contribution in [3.8, 4) is 0 Å². The molecular formula is C15H21ClN2O2. The Bertz CT molecular complexity index is 481. The minimum Gasteiger partial charge on any atom is -0.364 e. The molecule has 2 N–H and O–H groups in total. The summed E-state index contributed by atoms with van der Waals surface area (Å²) >= 11 is 5.98. The van der Waals surface area contributed by atoms with Crippen LogP contribution in [0.2, 0.25) is 5.02 Å². The van der Waals surface area contributed by atoms with Gasteiger partial charge in [0, 0.05) is 18.1 Å². The average Bonchev–Trinajstić information content (AvgIpc) is 2.41. The predicted molar refractivity (Wildman–Crippen MR) is 79.5 cm³/mol. The second kappa shape index (κ2) is 6.57. The van der Waals surface area contributed by atoms with E-state index in [9.17, 15) is 4.79 Å². The number of carbonyl (C=O) groups excluding carboxylic acids is 1. The largest absolute Gasteiger partial charge is 0.364 e. The number of halogens is 1. The normalized spacial score (nSPS) is 23.1. The molecule has 1 aromatic rings. The van der Waals surface area contributed by atoms with Gasteiger partial charge >= 0.3 is 0 Å². The van der Waals surface area contributed by atoms with Gasteiger partial charge in [0.1, 0.15) is 6.61 Å². The monoisotopic (exact) mass is 296 g/mol. The molecule has 0 bridgehead atoms. The number of nitrogens with zero attached hydrogens (tertiary/aromatic N) is 1. The average molecular weight is 297 g/mol. The summed E-state index contributed by atoms with van der Waals surface area (Å²) in [6.07, 6.45) is 1.76. The number of nitrogens with two attached hydrogens (primary N) is 1. The second-order valence-corrected chi connectivity index (χ2v) is 5.95. The van der Waals surface area contributed by atoms with E-state index in [0.29, 0.717) is 24.7 Å². The number of rotatable bonds is 5. The van der Waals surface area contributed by atoms with Crippen molar-refractivity contribution in [3.05, 3.63) is 34.9 Å². The van der Waals surface area contributed by atoms with Gasteiger partial charge in [-0.3, -0.25) is 4.79 Å². The fraction of sp³-hybridized carbons (Fsp3) is 0.533. The van der Waals surface area contributed by atoms with E-state index >= 15 is 0 Å². The Morgan fingerprint density at radius 2 is 2.30 bits per heavy atom. The van der Waals surface area contributed by atoms with Crippen LogP contribution >= 0.6 is 11.6 Å². The maximum absolute atomic E-state index is 12.0.